The molecule has 1 amide bonds. The summed E-state index contributed by atoms with van der Waals surface area (Å²) in [7, 11) is 0. The molecule has 2 aromatic rings. The molecule has 1 aromatic heterocycles. The third kappa shape index (κ3) is 6.34. The first kappa shape index (κ1) is 23.4. The predicted molar refractivity (Wildman–Crippen MR) is 125 cm³/mol. The standard InChI is InChI=1S/C26H38N2O3/c1-3-5-6-7-8-9-10-15-25(29)27-20-16-17-24-22(18-20)21-13-11-12-14-23(21)28(24)19-26(30)31-4-2/h11-14,20H,3-10,15-19H2,1-2H3,(H,27,29)/t20-/m1/s1. The number of rotatable bonds is 12. The average Bonchev–Trinajstić information content (AvgIpc) is 3.06. The number of hydrogen-bond acceptors (Lipinski definition) is 3. The van der Waals surface area contributed by atoms with E-state index in [9.17, 15) is 9.59 Å². The van der Waals surface area contributed by atoms with Crippen molar-refractivity contribution in [1.29, 1.82) is 0 Å². The summed E-state index contributed by atoms with van der Waals surface area (Å²) < 4.78 is 7.30. The lowest BCUT2D eigenvalue weighted by Gasteiger charge is -2.25. The van der Waals surface area contributed by atoms with Crippen LogP contribution in [0.3, 0.4) is 0 Å². The van der Waals surface area contributed by atoms with Gasteiger partial charge in [-0.1, -0.05) is 63.6 Å². The van der Waals surface area contributed by atoms with E-state index >= 15 is 0 Å². The maximum Gasteiger partial charge on any atom is 0.325 e. The van der Waals surface area contributed by atoms with E-state index in [4.69, 9.17) is 4.74 Å². The van der Waals surface area contributed by atoms with Gasteiger partial charge in [0.1, 0.15) is 6.54 Å². The molecule has 1 heterocycles. The third-order valence-electron chi connectivity index (χ3n) is 6.34. The van der Waals surface area contributed by atoms with E-state index in [0.717, 1.165) is 37.6 Å². The van der Waals surface area contributed by atoms with Gasteiger partial charge in [-0.3, -0.25) is 9.59 Å². The number of benzene rings is 1. The van der Waals surface area contributed by atoms with Crippen molar-refractivity contribution < 1.29 is 14.3 Å². The monoisotopic (exact) mass is 426 g/mol. The molecule has 0 bridgehead atoms. The van der Waals surface area contributed by atoms with Gasteiger partial charge in [0.25, 0.3) is 0 Å². The van der Waals surface area contributed by atoms with Crippen molar-refractivity contribution in [2.24, 2.45) is 0 Å². The zero-order valence-corrected chi connectivity index (χ0v) is 19.3. The van der Waals surface area contributed by atoms with Gasteiger partial charge in [-0.2, -0.15) is 0 Å². The number of fused-ring (bicyclic) bond motifs is 3. The minimum atomic E-state index is -0.198. The Labute approximate surface area is 186 Å². The molecule has 0 radical (unpaired) electrons. The number of para-hydroxylation sites is 1. The van der Waals surface area contributed by atoms with Gasteiger partial charge in [-0.15, -0.1) is 0 Å². The lowest BCUT2D eigenvalue weighted by molar-refractivity contribution is -0.143. The van der Waals surface area contributed by atoms with E-state index in [1.165, 1.54) is 48.7 Å². The molecule has 0 unspecified atom stereocenters. The van der Waals surface area contributed by atoms with Crippen molar-refractivity contribution in [1.82, 2.24) is 9.88 Å². The molecule has 1 N–H and O–H groups in total. The summed E-state index contributed by atoms with van der Waals surface area (Å²) in [4.78, 5) is 24.6. The zero-order valence-electron chi connectivity index (χ0n) is 19.3. The van der Waals surface area contributed by atoms with Crippen molar-refractivity contribution in [3.63, 3.8) is 0 Å². The molecule has 0 fully saturated rings. The number of unbranched alkanes of at least 4 members (excludes halogenated alkanes) is 6. The molecular weight excluding hydrogens is 388 g/mol. The largest absolute Gasteiger partial charge is 0.465 e. The number of ether oxygens (including phenoxy) is 1. The summed E-state index contributed by atoms with van der Waals surface area (Å²) >= 11 is 0. The molecule has 0 aliphatic heterocycles. The van der Waals surface area contributed by atoms with Gasteiger partial charge in [-0.05, 0) is 44.2 Å². The number of nitrogens with one attached hydrogen (secondary N) is 1. The second kappa shape index (κ2) is 11.9. The van der Waals surface area contributed by atoms with Crippen LogP contribution < -0.4 is 5.32 Å². The number of aromatic nitrogens is 1. The molecule has 1 aliphatic rings. The SMILES string of the molecule is CCCCCCCCCC(=O)N[C@@H]1CCc2c(c3ccccc3n2CC(=O)OCC)C1. The first-order chi connectivity index (χ1) is 15.1. The number of amides is 1. The molecule has 5 heteroatoms. The second-order valence-electron chi connectivity index (χ2n) is 8.71. The van der Waals surface area contributed by atoms with Crippen LogP contribution in [-0.2, 0) is 33.7 Å². The number of carbonyl (C=O) groups excluding carboxylic acids is 2. The van der Waals surface area contributed by atoms with Gasteiger partial charge < -0.3 is 14.6 Å². The van der Waals surface area contributed by atoms with E-state index in [0.29, 0.717) is 13.0 Å². The van der Waals surface area contributed by atoms with Gasteiger partial charge in [0.2, 0.25) is 5.91 Å². The molecule has 5 nitrogen and oxygen atoms in total. The quantitative estimate of drug-likeness (QED) is 0.369. The molecule has 1 aliphatic carbocycles. The van der Waals surface area contributed by atoms with E-state index < -0.39 is 0 Å². The molecule has 1 atom stereocenters. The minimum absolute atomic E-state index is 0.173. The Morgan fingerprint density at radius 2 is 1.81 bits per heavy atom. The molecule has 1 aromatic carbocycles. The van der Waals surface area contributed by atoms with Crippen molar-refractivity contribution in [3.05, 3.63) is 35.5 Å². The maximum absolute atomic E-state index is 12.5. The topological polar surface area (TPSA) is 60.3 Å². The van der Waals surface area contributed by atoms with E-state index in [2.05, 4.69) is 28.9 Å². The predicted octanol–water partition coefficient (Wildman–Crippen LogP) is 5.32. The Hall–Kier alpha value is -2.30. The van der Waals surface area contributed by atoms with E-state index in [1.807, 2.05) is 19.1 Å². The fraction of sp³-hybridized carbons (Fsp3) is 0.615. The lowest BCUT2D eigenvalue weighted by atomic mass is 9.91. The molecule has 31 heavy (non-hydrogen) atoms. The van der Waals surface area contributed by atoms with Crippen molar-refractivity contribution in [3.8, 4) is 0 Å². The normalized spacial score (nSPS) is 15.6. The van der Waals surface area contributed by atoms with Gasteiger partial charge in [0.15, 0.2) is 0 Å². The Balaban J connectivity index is 1.56. The fourth-order valence-corrected chi connectivity index (χ4v) is 4.78. The smallest absolute Gasteiger partial charge is 0.325 e. The van der Waals surface area contributed by atoms with Crippen molar-refractivity contribution in [2.75, 3.05) is 6.61 Å². The molecule has 0 saturated carbocycles. The fourth-order valence-electron chi connectivity index (χ4n) is 4.78. The number of carbonyl (C=O) groups is 2. The Bertz CT molecular complexity index is 871. The van der Waals surface area contributed by atoms with Gasteiger partial charge >= 0.3 is 5.97 Å². The summed E-state index contributed by atoms with van der Waals surface area (Å²) in [6.07, 6.45) is 11.8. The summed E-state index contributed by atoms with van der Waals surface area (Å²) in [6, 6.07) is 8.42. The zero-order chi connectivity index (χ0) is 22.1. The highest BCUT2D eigenvalue weighted by Crippen LogP contribution is 2.32. The summed E-state index contributed by atoms with van der Waals surface area (Å²) in [5, 5.41) is 4.45. The van der Waals surface area contributed by atoms with Gasteiger partial charge in [0, 0.05) is 29.1 Å². The summed E-state index contributed by atoms with van der Waals surface area (Å²) in [5.41, 5.74) is 3.56. The first-order valence-electron chi connectivity index (χ1n) is 12.2. The summed E-state index contributed by atoms with van der Waals surface area (Å²) in [6.45, 7) is 4.71. The highest BCUT2D eigenvalue weighted by molar-refractivity contribution is 5.87. The van der Waals surface area contributed by atoms with Crippen LogP contribution in [0.25, 0.3) is 10.9 Å². The summed E-state index contributed by atoms with van der Waals surface area (Å²) in [5.74, 6) is -0.0200. The Morgan fingerprint density at radius 1 is 1.06 bits per heavy atom. The molecule has 170 valence electrons. The van der Waals surface area contributed by atoms with E-state index in [1.54, 1.807) is 0 Å². The highest BCUT2D eigenvalue weighted by Gasteiger charge is 2.27. The number of esters is 1. The maximum atomic E-state index is 12.5. The van der Waals surface area contributed by atoms with Crippen molar-refractivity contribution >= 4 is 22.8 Å². The molecule has 0 spiro atoms. The van der Waals surface area contributed by atoms with Crippen LogP contribution in [0.15, 0.2) is 24.3 Å². The first-order valence-corrected chi connectivity index (χ1v) is 12.2. The molecule has 0 saturated heterocycles. The minimum Gasteiger partial charge on any atom is -0.465 e. The number of nitrogens with zero attached hydrogens (tertiary/aromatic N) is 1. The van der Waals surface area contributed by atoms with Crippen molar-refractivity contribution in [2.45, 2.75) is 97.1 Å². The van der Waals surface area contributed by atoms with Crippen LogP contribution in [0.4, 0.5) is 0 Å². The van der Waals surface area contributed by atoms with Gasteiger partial charge in [-0.25, -0.2) is 0 Å². The van der Waals surface area contributed by atoms with Crippen LogP contribution in [0.5, 0.6) is 0 Å². The molecular formula is C26H38N2O3. The van der Waals surface area contributed by atoms with Crippen LogP contribution in [0.1, 0.15) is 82.9 Å². The Kier molecular flexibility index (Phi) is 8.98. The van der Waals surface area contributed by atoms with Crippen LogP contribution in [-0.4, -0.2) is 29.1 Å². The average molecular weight is 427 g/mol. The van der Waals surface area contributed by atoms with Crippen LogP contribution in [0.2, 0.25) is 0 Å². The van der Waals surface area contributed by atoms with E-state index in [-0.39, 0.29) is 24.5 Å². The van der Waals surface area contributed by atoms with Crippen LogP contribution in [0, 0.1) is 0 Å². The highest BCUT2D eigenvalue weighted by atomic mass is 16.5. The number of hydrogen-bond donors (Lipinski definition) is 1. The third-order valence-corrected chi connectivity index (χ3v) is 6.34. The molecule has 3 rings (SSSR count). The van der Waals surface area contributed by atoms with Gasteiger partial charge in [0.05, 0.1) is 6.61 Å². The Morgan fingerprint density at radius 3 is 2.58 bits per heavy atom. The van der Waals surface area contributed by atoms with Crippen LogP contribution >= 0.6 is 0 Å². The lowest BCUT2D eigenvalue weighted by Crippen LogP contribution is -2.39. The second-order valence-corrected chi connectivity index (χ2v) is 8.71.